The van der Waals surface area contributed by atoms with Crippen LogP contribution in [0.15, 0.2) is 96.3 Å². The second-order valence-corrected chi connectivity index (χ2v) is 10.6. The Labute approximate surface area is 242 Å². The van der Waals surface area contributed by atoms with Crippen LogP contribution in [0.4, 0.5) is 29.3 Å². The number of fused-ring (bicyclic) bond motifs is 1. The fourth-order valence-corrected chi connectivity index (χ4v) is 5.02. The molecule has 0 saturated heterocycles. The molecule has 3 aromatic carbocycles. The lowest BCUT2D eigenvalue weighted by atomic mass is 10.2. The van der Waals surface area contributed by atoms with Crippen molar-refractivity contribution in [3.05, 3.63) is 102 Å². The molecule has 0 unspecified atom stereocenters. The number of hydroxylamine groups is 1. The molecule has 42 heavy (non-hydrogen) atoms. The van der Waals surface area contributed by atoms with Crippen molar-refractivity contribution in [3.63, 3.8) is 0 Å². The van der Waals surface area contributed by atoms with Crippen LogP contribution in [0.2, 0.25) is 5.02 Å². The maximum atomic E-state index is 13.3. The smallest absolute Gasteiger partial charge is 0.416 e. The third-order valence-electron chi connectivity index (χ3n) is 5.81. The first-order valence-electron chi connectivity index (χ1n) is 11.9. The highest BCUT2D eigenvalue weighted by Crippen LogP contribution is 2.35. The van der Waals surface area contributed by atoms with Gasteiger partial charge in [-0.3, -0.25) is 0 Å². The molecule has 10 nitrogen and oxygen atoms in total. The lowest BCUT2D eigenvalue weighted by Gasteiger charge is -2.23. The van der Waals surface area contributed by atoms with Crippen LogP contribution >= 0.6 is 11.6 Å². The van der Waals surface area contributed by atoms with Crippen LogP contribution in [0, 0.1) is 0 Å². The number of amides is 2. The van der Waals surface area contributed by atoms with E-state index in [-0.39, 0.29) is 32.9 Å². The topological polar surface area (TPSA) is 116 Å². The Bertz CT molecular complexity index is 1880. The molecule has 2 aromatic heterocycles. The maximum Gasteiger partial charge on any atom is 0.416 e. The summed E-state index contributed by atoms with van der Waals surface area (Å²) < 4.78 is 78.5. The molecule has 0 aliphatic heterocycles. The van der Waals surface area contributed by atoms with Crippen molar-refractivity contribution in [2.24, 2.45) is 7.05 Å². The number of carbonyl (C=O) groups is 1. The third kappa shape index (κ3) is 6.15. The van der Waals surface area contributed by atoms with E-state index in [1.54, 1.807) is 29.9 Å². The minimum absolute atomic E-state index is 0.175. The summed E-state index contributed by atoms with van der Waals surface area (Å²) in [6, 6.07) is 15.2. The molecule has 2 amide bonds. The van der Waals surface area contributed by atoms with Crippen LogP contribution in [0.3, 0.4) is 0 Å². The Morgan fingerprint density at radius 2 is 1.76 bits per heavy atom. The average Bonchev–Trinajstić information content (AvgIpc) is 3.34. The van der Waals surface area contributed by atoms with Gasteiger partial charge in [-0.05, 0) is 48.5 Å². The van der Waals surface area contributed by atoms with Gasteiger partial charge in [0.15, 0.2) is 0 Å². The summed E-state index contributed by atoms with van der Waals surface area (Å²) in [5.41, 5.74) is -0.327. The van der Waals surface area contributed by atoms with Crippen LogP contribution in [-0.4, -0.2) is 29.0 Å². The molecular formula is C27H19ClF3N5O5S. The Hall–Kier alpha value is -4.66. The van der Waals surface area contributed by atoms with Crippen molar-refractivity contribution in [1.29, 1.82) is 0 Å². The number of ether oxygens (including phenoxy) is 1. The fraction of sp³-hybridized carbons (Fsp3) is 0.0741. The van der Waals surface area contributed by atoms with E-state index in [9.17, 15) is 26.4 Å². The van der Waals surface area contributed by atoms with E-state index < -0.39 is 27.9 Å². The number of aromatic nitrogens is 3. The first-order chi connectivity index (χ1) is 19.9. The van der Waals surface area contributed by atoms with Crippen LogP contribution in [-0.2, 0) is 27.6 Å². The summed E-state index contributed by atoms with van der Waals surface area (Å²) in [6.45, 7) is 0. The lowest BCUT2D eigenvalue weighted by Crippen LogP contribution is -2.37. The van der Waals surface area contributed by atoms with E-state index >= 15 is 0 Å². The summed E-state index contributed by atoms with van der Waals surface area (Å²) >= 11 is 6.46. The van der Waals surface area contributed by atoms with Gasteiger partial charge in [-0.1, -0.05) is 35.9 Å². The molecule has 216 valence electrons. The summed E-state index contributed by atoms with van der Waals surface area (Å²) in [4.78, 5) is 21.3. The van der Waals surface area contributed by atoms with Crippen LogP contribution in [0.25, 0.3) is 11.0 Å². The molecule has 1 N–H and O–H groups in total. The molecule has 0 atom stereocenters. The van der Waals surface area contributed by atoms with Gasteiger partial charge in [-0.15, -0.1) is 4.28 Å². The summed E-state index contributed by atoms with van der Waals surface area (Å²) in [5.74, 6) is 0.382. The van der Waals surface area contributed by atoms with Crippen LogP contribution < -0.4 is 15.1 Å². The number of halogens is 4. The molecule has 5 rings (SSSR count). The number of benzene rings is 3. The zero-order valence-corrected chi connectivity index (χ0v) is 23.0. The number of anilines is 2. The predicted octanol–water partition coefficient (Wildman–Crippen LogP) is 6.79. The first-order valence-corrected chi connectivity index (χ1v) is 13.7. The van der Waals surface area contributed by atoms with Crippen molar-refractivity contribution < 1.29 is 35.4 Å². The number of hydrogen-bond donors (Lipinski definition) is 1. The molecule has 0 aliphatic rings. The van der Waals surface area contributed by atoms with Gasteiger partial charge in [0.25, 0.3) is 0 Å². The highest BCUT2D eigenvalue weighted by Gasteiger charge is 2.32. The number of urea groups is 1. The third-order valence-corrected chi connectivity index (χ3v) is 7.31. The molecule has 0 aliphatic carbocycles. The number of hydrogen-bond acceptors (Lipinski definition) is 7. The normalized spacial score (nSPS) is 11.8. The van der Waals surface area contributed by atoms with Gasteiger partial charge in [0.05, 0.1) is 26.7 Å². The zero-order valence-electron chi connectivity index (χ0n) is 21.4. The van der Waals surface area contributed by atoms with Gasteiger partial charge in [-0.25, -0.2) is 9.78 Å². The van der Waals surface area contributed by atoms with Gasteiger partial charge < -0.3 is 14.6 Å². The Morgan fingerprint density at radius 1 is 1.00 bits per heavy atom. The molecule has 15 heteroatoms. The van der Waals surface area contributed by atoms with Gasteiger partial charge in [-0.2, -0.15) is 31.6 Å². The van der Waals surface area contributed by atoms with Crippen molar-refractivity contribution >= 4 is 50.2 Å². The fourth-order valence-electron chi connectivity index (χ4n) is 3.85. The van der Waals surface area contributed by atoms with Crippen molar-refractivity contribution in [3.8, 4) is 11.6 Å². The quantitative estimate of drug-likeness (QED) is 0.200. The van der Waals surface area contributed by atoms with Gasteiger partial charge in [0.2, 0.25) is 5.88 Å². The second-order valence-electron chi connectivity index (χ2n) is 8.70. The van der Waals surface area contributed by atoms with Crippen LogP contribution in [0.1, 0.15) is 5.56 Å². The highest BCUT2D eigenvalue weighted by molar-refractivity contribution is 7.86. The molecule has 0 bridgehead atoms. The maximum absolute atomic E-state index is 13.3. The Balaban J connectivity index is 1.49. The predicted molar refractivity (Wildman–Crippen MR) is 148 cm³/mol. The largest absolute Gasteiger partial charge is 0.437 e. The minimum Gasteiger partial charge on any atom is -0.437 e. The van der Waals surface area contributed by atoms with Crippen molar-refractivity contribution in [2.75, 3.05) is 10.4 Å². The molecule has 0 saturated carbocycles. The lowest BCUT2D eigenvalue weighted by molar-refractivity contribution is -0.137. The van der Waals surface area contributed by atoms with Crippen molar-refractivity contribution in [2.45, 2.75) is 11.1 Å². The summed E-state index contributed by atoms with van der Waals surface area (Å²) in [5, 5.41) is 2.36. The average molecular weight is 618 g/mol. The van der Waals surface area contributed by atoms with E-state index in [1.807, 2.05) is 0 Å². The van der Waals surface area contributed by atoms with E-state index in [0.29, 0.717) is 22.2 Å². The van der Waals surface area contributed by atoms with E-state index in [0.717, 1.165) is 12.1 Å². The number of nitrogens with zero attached hydrogens (tertiary/aromatic N) is 4. The number of nitrogens with one attached hydrogen (secondary N) is 1. The summed E-state index contributed by atoms with van der Waals surface area (Å²) in [7, 11) is -2.82. The zero-order chi connectivity index (χ0) is 30.1. The SMILES string of the molecule is Cn1ccc2ncnc(Oc3ccc(N(OS(=O)(=O)c4ccccc4)C(=O)Nc4cccc(C(F)(F)F)c4)c(Cl)c3)c21. The molecular weight excluding hydrogens is 599 g/mol. The molecule has 2 heterocycles. The van der Waals surface area contributed by atoms with Crippen molar-refractivity contribution in [1.82, 2.24) is 14.5 Å². The monoisotopic (exact) mass is 617 g/mol. The Kier molecular flexibility index (Phi) is 7.77. The Morgan fingerprint density at radius 3 is 2.48 bits per heavy atom. The first kappa shape index (κ1) is 28.9. The van der Waals surface area contributed by atoms with Crippen LogP contribution in [0.5, 0.6) is 11.6 Å². The second kappa shape index (κ2) is 11.3. The standard InChI is InChI=1S/C27H19ClF3N5O5S/c1-35-13-12-22-24(35)25(33-16-32-22)40-19-10-11-23(21(28)15-19)36(41-42(38,39)20-8-3-2-4-9-20)26(37)34-18-7-5-6-17(14-18)27(29,30)31/h2-16H,1H3,(H,34,37). The molecule has 0 radical (unpaired) electrons. The minimum atomic E-state index is -4.68. The summed E-state index contributed by atoms with van der Waals surface area (Å²) in [6.07, 6.45) is -1.59. The van der Waals surface area contributed by atoms with E-state index in [4.69, 9.17) is 20.6 Å². The highest BCUT2D eigenvalue weighted by atomic mass is 35.5. The van der Waals surface area contributed by atoms with Gasteiger partial charge in [0, 0.05) is 25.0 Å². The van der Waals surface area contributed by atoms with E-state index in [1.165, 1.54) is 54.9 Å². The number of rotatable bonds is 7. The molecule has 0 spiro atoms. The number of carbonyl (C=O) groups excluding carboxylic acids is 1. The van der Waals surface area contributed by atoms with Gasteiger partial charge in [0.1, 0.15) is 17.6 Å². The number of aryl methyl sites for hydroxylation is 1. The number of alkyl halides is 3. The molecule has 0 fully saturated rings. The van der Waals surface area contributed by atoms with E-state index in [2.05, 4.69) is 15.3 Å². The molecule has 5 aromatic rings. The van der Waals surface area contributed by atoms with Gasteiger partial charge >= 0.3 is 22.3 Å².